The molecule has 0 fully saturated rings. The van der Waals surface area contributed by atoms with Crippen molar-refractivity contribution in [1.82, 2.24) is 0 Å². The van der Waals surface area contributed by atoms with Crippen LogP contribution in [0.2, 0.25) is 0 Å². The fourth-order valence-electron chi connectivity index (χ4n) is 0. The Morgan fingerprint density at radius 2 is 1.14 bits per heavy atom. The Balaban J connectivity index is -0.0000000800. The first-order chi connectivity index (χ1) is 2.00. The quantitative estimate of drug-likeness (QED) is 0.282. The van der Waals surface area contributed by atoms with Crippen LogP contribution in [0.15, 0.2) is 0 Å². The van der Waals surface area contributed by atoms with Crippen LogP contribution in [0, 0.1) is 0 Å². The van der Waals surface area contributed by atoms with Crippen LogP contribution in [0.25, 0.3) is 0 Å². The third-order valence-corrected chi connectivity index (χ3v) is 0. The summed E-state index contributed by atoms with van der Waals surface area (Å²) in [6.45, 7) is 0. The summed E-state index contributed by atoms with van der Waals surface area (Å²) in [6, 6.07) is 0. The van der Waals surface area contributed by atoms with Crippen molar-refractivity contribution in [2.45, 2.75) is 0 Å². The van der Waals surface area contributed by atoms with Crippen LogP contribution in [0.4, 0.5) is 0 Å². The summed E-state index contributed by atoms with van der Waals surface area (Å²) in [5.74, 6) is 0. The van der Waals surface area contributed by atoms with Gasteiger partial charge in [0.25, 0.3) is 0 Å². The van der Waals surface area contributed by atoms with Crippen molar-refractivity contribution in [3.63, 3.8) is 0 Å². The maximum absolute atomic E-state index is 8.52. The van der Waals surface area contributed by atoms with Gasteiger partial charge in [-0.25, -0.2) is 0 Å². The van der Waals surface area contributed by atoms with Crippen molar-refractivity contribution in [3.8, 4) is 0 Å². The van der Waals surface area contributed by atoms with Gasteiger partial charge in [0.1, 0.15) is 0 Å². The second-order valence-corrected chi connectivity index (χ2v) is 1.22. The molecule has 46 valence electrons. The molecule has 0 bridgehead atoms. The van der Waals surface area contributed by atoms with Crippen LogP contribution >= 0.6 is 0 Å². The Hall–Kier alpha value is 0.974. The fraction of sp³-hybridized carbons (Fsp3) is 0. The van der Waals surface area contributed by atoms with Crippen molar-refractivity contribution in [1.29, 1.82) is 0 Å². The van der Waals surface area contributed by atoms with E-state index in [9.17, 15) is 0 Å². The number of hydrogen-bond acceptors (Lipinski definition) is 4. The summed E-state index contributed by atoms with van der Waals surface area (Å²) < 4.78 is 34.1. The van der Waals surface area contributed by atoms with Gasteiger partial charge in [-0.2, -0.15) is 0 Å². The van der Waals surface area contributed by atoms with Crippen molar-refractivity contribution in [2.75, 3.05) is 0 Å². The zero-order valence-electron chi connectivity index (χ0n) is 2.79. The summed E-state index contributed by atoms with van der Waals surface area (Å²) in [4.78, 5) is 0. The summed E-state index contributed by atoms with van der Waals surface area (Å²) in [7, 11) is -5.17. The van der Waals surface area contributed by atoms with E-state index < -0.39 is 10.4 Å². The normalized spacial score (nSPS) is 8.29. The van der Waals surface area contributed by atoms with Gasteiger partial charge in [0, 0.05) is 29.0 Å². The molecule has 0 atom stereocenters. The van der Waals surface area contributed by atoms with Gasteiger partial charge in [0.05, 0.1) is 0 Å². The third-order valence-electron chi connectivity index (χ3n) is 0. The van der Waals surface area contributed by atoms with Crippen LogP contribution in [-0.2, 0) is 46.0 Å². The molecule has 0 aliphatic carbocycles. The zero-order chi connectivity index (χ0) is 4.50. The minimum absolute atomic E-state index is 0. The van der Waals surface area contributed by atoms with E-state index >= 15 is 0 Å². The largest absolute Gasteiger partial charge is 2.00 e. The molecule has 0 saturated heterocycles. The first kappa shape index (κ1) is 15.7. The molecule has 0 N–H and O–H groups in total. The molecular weight excluding hydrogens is 211 g/mol. The molecule has 0 saturated carbocycles. The van der Waals surface area contributed by atoms with Gasteiger partial charge in [-0.15, -0.1) is 0 Å². The molecule has 0 heterocycles. The summed E-state index contributed by atoms with van der Waals surface area (Å²) >= 11 is 0. The first-order valence-corrected chi connectivity index (χ1v) is 2.00. The smallest absolute Gasteiger partial charge is 0.759 e. The SMILES string of the molecule is O=S(=O)([O-])[O-].[Cu+2].[V]. The molecule has 0 aliphatic rings. The van der Waals surface area contributed by atoms with Crippen LogP contribution in [0.3, 0.4) is 0 Å². The molecule has 0 spiro atoms. The van der Waals surface area contributed by atoms with Crippen LogP contribution in [-0.4, -0.2) is 17.5 Å². The molecule has 0 aromatic carbocycles. The van der Waals surface area contributed by atoms with Crippen molar-refractivity contribution < 1.29 is 53.1 Å². The average molecular weight is 211 g/mol. The molecule has 0 aliphatic heterocycles. The van der Waals surface area contributed by atoms with E-state index in [-0.39, 0.29) is 35.6 Å². The van der Waals surface area contributed by atoms with Gasteiger partial charge >= 0.3 is 17.1 Å². The Labute approximate surface area is 63.6 Å². The Morgan fingerprint density at radius 1 is 1.14 bits per heavy atom. The Kier molecular flexibility index (Phi) is 11.5. The van der Waals surface area contributed by atoms with Crippen LogP contribution < -0.4 is 0 Å². The van der Waals surface area contributed by atoms with E-state index in [1.54, 1.807) is 0 Å². The zero-order valence-corrected chi connectivity index (χ0v) is 5.94. The molecule has 0 rings (SSSR count). The topological polar surface area (TPSA) is 80.3 Å². The van der Waals surface area contributed by atoms with Gasteiger partial charge < -0.3 is 9.11 Å². The van der Waals surface area contributed by atoms with Gasteiger partial charge in [0.15, 0.2) is 0 Å². The molecule has 7 heavy (non-hydrogen) atoms. The van der Waals surface area contributed by atoms with Crippen molar-refractivity contribution in [2.24, 2.45) is 0 Å². The van der Waals surface area contributed by atoms with Crippen LogP contribution in [0.5, 0.6) is 0 Å². The maximum Gasteiger partial charge on any atom is 2.00 e. The van der Waals surface area contributed by atoms with Crippen LogP contribution in [0.1, 0.15) is 0 Å². The third kappa shape index (κ3) is 182. The molecule has 0 aromatic heterocycles. The number of hydrogen-bond donors (Lipinski definition) is 0. The predicted molar refractivity (Wildman–Crippen MR) is 10.5 cm³/mol. The maximum atomic E-state index is 8.52. The van der Waals surface area contributed by atoms with Gasteiger partial charge in [-0.05, 0) is 0 Å². The predicted octanol–water partition coefficient (Wildman–Crippen LogP) is -1.34. The fourth-order valence-corrected chi connectivity index (χ4v) is 0. The summed E-state index contributed by atoms with van der Waals surface area (Å²) in [6.07, 6.45) is 0. The average Bonchev–Trinajstić information content (AvgIpc) is 0.722. The molecule has 0 unspecified atom stereocenters. The second-order valence-electron chi connectivity index (χ2n) is 0.408. The van der Waals surface area contributed by atoms with E-state index in [4.69, 9.17) is 17.5 Å². The van der Waals surface area contributed by atoms with Gasteiger partial charge in [-0.1, -0.05) is 0 Å². The van der Waals surface area contributed by atoms with Gasteiger partial charge in [-0.3, -0.25) is 8.42 Å². The Bertz CT molecular complexity index is 94.9. The van der Waals surface area contributed by atoms with E-state index in [2.05, 4.69) is 0 Å². The molecular formula is CuO4SV. The standard InChI is InChI=1S/Cu.H2O4S.V/c;1-5(2,3)4;/h;(H2,1,2,3,4);/q+2;;/p-2. The second kappa shape index (κ2) is 5.12. The van der Waals surface area contributed by atoms with Gasteiger partial charge in [0.2, 0.25) is 0 Å². The Morgan fingerprint density at radius 3 is 1.14 bits per heavy atom. The minimum atomic E-state index is -5.17. The molecule has 7 heteroatoms. The van der Waals surface area contributed by atoms with E-state index in [1.165, 1.54) is 0 Å². The summed E-state index contributed by atoms with van der Waals surface area (Å²) in [5.41, 5.74) is 0. The van der Waals surface area contributed by atoms with E-state index in [0.29, 0.717) is 0 Å². The minimum Gasteiger partial charge on any atom is -0.759 e. The van der Waals surface area contributed by atoms with Crippen molar-refractivity contribution >= 4 is 10.4 Å². The van der Waals surface area contributed by atoms with Crippen molar-refractivity contribution in [3.05, 3.63) is 0 Å². The summed E-state index contributed by atoms with van der Waals surface area (Å²) in [5, 5.41) is 0. The first-order valence-electron chi connectivity index (χ1n) is 0.667. The van der Waals surface area contributed by atoms with E-state index in [1.807, 2.05) is 0 Å². The molecule has 2 radical (unpaired) electrons. The number of rotatable bonds is 0. The molecule has 4 nitrogen and oxygen atoms in total. The molecule has 0 aromatic rings. The van der Waals surface area contributed by atoms with E-state index in [0.717, 1.165) is 0 Å². The monoisotopic (exact) mass is 210 g/mol. The molecule has 0 amide bonds.